The van der Waals surface area contributed by atoms with Crippen molar-refractivity contribution < 1.29 is 9.53 Å². The minimum atomic E-state index is -0.501. The molecule has 28 heavy (non-hydrogen) atoms. The summed E-state index contributed by atoms with van der Waals surface area (Å²) in [7, 11) is 0. The molecule has 0 aliphatic carbocycles. The number of benzene rings is 2. The molecular formula is C25H35NO2. The van der Waals surface area contributed by atoms with Crippen LogP contribution in [0.15, 0.2) is 54.6 Å². The minimum Gasteiger partial charge on any atom is -0.481 e. The fourth-order valence-electron chi connectivity index (χ4n) is 3.22. The minimum absolute atomic E-state index is 0.00498. The molecule has 2 atom stereocenters. The number of amides is 1. The van der Waals surface area contributed by atoms with Crippen molar-refractivity contribution in [3.63, 3.8) is 0 Å². The van der Waals surface area contributed by atoms with E-state index >= 15 is 0 Å². The third kappa shape index (κ3) is 6.40. The Morgan fingerprint density at radius 3 is 2.11 bits per heavy atom. The fourth-order valence-corrected chi connectivity index (χ4v) is 3.22. The molecule has 0 aliphatic heterocycles. The van der Waals surface area contributed by atoms with Gasteiger partial charge in [-0.1, -0.05) is 84.0 Å². The fraction of sp³-hybridized carbons (Fsp3) is 0.480. The van der Waals surface area contributed by atoms with E-state index in [1.54, 1.807) is 0 Å². The molecule has 0 saturated heterocycles. The monoisotopic (exact) mass is 381 g/mol. The van der Waals surface area contributed by atoms with E-state index in [0.717, 1.165) is 17.7 Å². The maximum absolute atomic E-state index is 12.9. The number of nitrogens with one attached hydrogen (secondary N) is 1. The van der Waals surface area contributed by atoms with E-state index in [4.69, 9.17) is 4.74 Å². The lowest BCUT2D eigenvalue weighted by molar-refractivity contribution is -0.129. The first-order valence-electron chi connectivity index (χ1n) is 10.3. The molecule has 1 amide bonds. The first kappa shape index (κ1) is 22.0. The van der Waals surface area contributed by atoms with Gasteiger partial charge in [-0.3, -0.25) is 4.79 Å². The molecule has 0 spiro atoms. The van der Waals surface area contributed by atoms with E-state index in [0.29, 0.717) is 12.3 Å². The molecule has 2 aromatic carbocycles. The van der Waals surface area contributed by atoms with Crippen molar-refractivity contribution in [1.29, 1.82) is 0 Å². The first-order chi connectivity index (χ1) is 13.2. The van der Waals surface area contributed by atoms with Gasteiger partial charge in [-0.2, -0.15) is 0 Å². The molecule has 0 aliphatic rings. The van der Waals surface area contributed by atoms with Gasteiger partial charge in [0.25, 0.3) is 5.91 Å². The van der Waals surface area contributed by atoms with E-state index in [9.17, 15) is 4.79 Å². The smallest absolute Gasteiger partial charge is 0.261 e. The molecule has 0 fully saturated rings. The first-order valence-corrected chi connectivity index (χ1v) is 10.3. The van der Waals surface area contributed by atoms with E-state index in [2.05, 4.69) is 64.2 Å². The topological polar surface area (TPSA) is 38.3 Å². The molecule has 152 valence electrons. The lowest BCUT2D eigenvalue weighted by Gasteiger charge is -2.25. The molecule has 0 radical (unpaired) electrons. The highest BCUT2D eigenvalue weighted by molar-refractivity contribution is 5.81. The van der Waals surface area contributed by atoms with Crippen molar-refractivity contribution in [1.82, 2.24) is 5.32 Å². The van der Waals surface area contributed by atoms with Crippen LogP contribution < -0.4 is 10.1 Å². The number of ether oxygens (including phenoxy) is 1. The molecule has 1 N–H and O–H groups in total. The van der Waals surface area contributed by atoms with Gasteiger partial charge in [0.05, 0.1) is 6.04 Å². The van der Waals surface area contributed by atoms with Crippen LogP contribution in [-0.2, 0) is 10.2 Å². The van der Waals surface area contributed by atoms with Crippen LogP contribution in [0.3, 0.4) is 0 Å². The summed E-state index contributed by atoms with van der Waals surface area (Å²) in [5.74, 6) is 1.16. The molecule has 0 saturated carbocycles. The lowest BCUT2D eigenvalue weighted by Crippen LogP contribution is -2.40. The molecule has 2 aromatic rings. The Morgan fingerprint density at radius 2 is 1.61 bits per heavy atom. The number of carbonyl (C=O) groups is 1. The maximum Gasteiger partial charge on any atom is 0.261 e. The SMILES string of the molecule is CC[C@@H](Oc1ccc(C(C)(C)C)cc1)C(=O)N[C@@H](CC(C)C)c1ccccc1. The van der Waals surface area contributed by atoms with Gasteiger partial charge in [0.15, 0.2) is 6.10 Å². The Labute approximate surface area is 170 Å². The van der Waals surface area contributed by atoms with Gasteiger partial charge < -0.3 is 10.1 Å². The van der Waals surface area contributed by atoms with Crippen LogP contribution >= 0.6 is 0 Å². The summed E-state index contributed by atoms with van der Waals surface area (Å²) in [4.78, 5) is 12.9. The molecule has 2 rings (SSSR count). The highest BCUT2D eigenvalue weighted by Crippen LogP contribution is 2.25. The molecule has 0 aromatic heterocycles. The number of rotatable bonds is 8. The second-order valence-electron chi connectivity index (χ2n) is 8.89. The average molecular weight is 382 g/mol. The summed E-state index contributed by atoms with van der Waals surface area (Å²) >= 11 is 0. The summed E-state index contributed by atoms with van der Waals surface area (Å²) in [6.45, 7) is 12.9. The Balaban J connectivity index is 2.08. The summed E-state index contributed by atoms with van der Waals surface area (Å²) in [6.07, 6.45) is 1.02. The van der Waals surface area contributed by atoms with E-state index in [-0.39, 0.29) is 17.4 Å². The summed E-state index contributed by atoms with van der Waals surface area (Å²) in [6, 6.07) is 18.2. The van der Waals surface area contributed by atoms with Gasteiger partial charge in [0.1, 0.15) is 5.75 Å². The molecule has 0 unspecified atom stereocenters. The van der Waals surface area contributed by atoms with Crippen LogP contribution in [0, 0.1) is 5.92 Å². The van der Waals surface area contributed by atoms with Crippen LogP contribution in [-0.4, -0.2) is 12.0 Å². The van der Waals surface area contributed by atoms with Crippen molar-refractivity contribution in [2.45, 2.75) is 71.9 Å². The largest absolute Gasteiger partial charge is 0.481 e. The Hall–Kier alpha value is -2.29. The lowest BCUT2D eigenvalue weighted by atomic mass is 9.87. The molecule has 0 heterocycles. The van der Waals surface area contributed by atoms with Gasteiger partial charge in [0.2, 0.25) is 0 Å². The standard InChI is InChI=1S/C25H35NO2/c1-7-23(28-21-15-13-20(14-16-21)25(4,5)6)24(27)26-22(17-18(2)3)19-11-9-8-10-12-19/h8-16,18,22-23H,7,17H2,1-6H3,(H,26,27)/t22-,23+/m0/s1. The van der Waals surface area contributed by atoms with Crippen molar-refractivity contribution in [2.75, 3.05) is 0 Å². The quantitative estimate of drug-likeness (QED) is 0.605. The average Bonchev–Trinajstić information content (AvgIpc) is 2.65. The predicted octanol–water partition coefficient (Wildman–Crippen LogP) is 6.05. The second-order valence-corrected chi connectivity index (χ2v) is 8.89. The van der Waals surface area contributed by atoms with Crippen LogP contribution in [0.1, 0.15) is 71.6 Å². The van der Waals surface area contributed by atoms with Crippen molar-refractivity contribution in [2.24, 2.45) is 5.92 Å². The van der Waals surface area contributed by atoms with Crippen LogP contribution in [0.25, 0.3) is 0 Å². The second kappa shape index (κ2) is 9.77. The van der Waals surface area contributed by atoms with Crippen molar-refractivity contribution >= 4 is 5.91 Å². The van der Waals surface area contributed by atoms with Crippen LogP contribution in [0.2, 0.25) is 0 Å². The van der Waals surface area contributed by atoms with Gasteiger partial charge in [-0.25, -0.2) is 0 Å². The van der Waals surface area contributed by atoms with Gasteiger partial charge in [0, 0.05) is 0 Å². The summed E-state index contributed by atoms with van der Waals surface area (Å²) in [5, 5.41) is 3.21. The number of carbonyl (C=O) groups excluding carboxylic acids is 1. The Bertz CT molecular complexity index is 729. The third-order valence-electron chi connectivity index (χ3n) is 4.89. The Kier molecular flexibility index (Phi) is 7.68. The molecule has 0 bridgehead atoms. The van der Waals surface area contributed by atoms with Crippen molar-refractivity contribution in [3.8, 4) is 5.75 Å². The zero-order valence-corrected chi connectivity index (χ0v) is 18.2. The maximum atomic E-state index is 12.9. The molecule has 3 heteroatoms. The predicted molar refractivity (Wildman–Crippen MR) is 117 cm³/mol. The zero-order chi connectivity index (χ0) is 20.7. The molecule has 3 nitrogen and oxygen atoms in total. The zero-order valence-electron chi connectivity index (χ0n) is 18.2. The van der Waals surface area contributed by atoms with Crippen molar-refractivity contribution in [3.05, 3.63) is 65.7 Å². The number of hydrogen-bond donors (Lipinski definition) is 1. The van der Waals surface area contributed by atoms with Gasteiger partial charge in [-0.15, -0.1) is 0 Å². The van der Waals surface area contributed by atoms with E-state index in [1.165, 1.54) is 5.56 Å². The van der Waals surface area contributed by atoms with Crippen LogP contribution in [0.4, 0.5) is 0 Å². The normalized spacial score (nSPS) is 13.8. The molecular weight excluding hydrogens is 346 g/mol. The number of hydrogen-bond acceptors (Lipinski definition) is 2. The highest BCUT2D eigenvalue weighted by atomic mass is 16.5. The third-order valence-corrected chi connectivity index (χ3v) is 4.89. The summed E-state index contributed by atoms with van der Waals surface area (Å²) in [5.41, 5.74) is 2.48. The van der Waals surface area contributed by atoms with Crippen LogP contribution in [0.5, 0.6) is 5.75 Å². The Morgan fingerprint density at radius 1 is 1.00 bits per heavy atom. The van der Waals surface area contributed by atoms with Gasteiger partial charge >= 0.3 is 0 Å². The van der Waals surface area contributed by atoms with Gasteiger partial charge in [-0.05, 0) is 47.4 Å². The highest BCUT2D eigenvalue weighted by Gasteiger charge is 2.23. The van der Waals surface area contributed by atoms with E-state index < -0.39 is 6.10 Å². The summed E-state index contributed by atoms with van der Waals surface area (Å²) < 4.78 is 6.02. The van der Waals surface area contributed by atoms with E-state index in [1.807, 2.05) is 37.3 Å².